The lowest BCUT2D eigenvalue weighted by atomic mass is 10.1. The van der Waals surface area contributed by atoms with Crippen molar-refractivity contribution in [2.24, 2.45) is 5.41 Å². The first-order chi connectivity index (χ1) is 19.1. The highest BCUT2D eigenvalue weighted by atomic mass is 35.5. The van der Waals surface area contributed by atoms with Crippen molar-refractivity contribution in [3.8, 4) is 17.5 Å². The predicted molar refractivity (Wildman–Crippen MR) is 154 cm³/mol. The minimum absolute atomic E-state index is 0.110. The van der Waals surface area contributed by atoms with Gasteiger partial charge in [0.25, 0.3) is 0 Å². The molecule has 2 aliphatic rings. The van der Waals surface area contributed by atoms with Crippen LogP contribution in [0.15, 0.2) is 53.5 Å². The Labute approximate surface area is 238 Å². The minimum atomic E-state index is -3.55. The summed E-state index contributed by atoms with van der Waals surface area (Å²) in [7, 11) is -3.55. The molecule has 0 radical (unpaired) electrons. The summed E-state index contributed by atoms with van der Waals surface area (Å²) in [6.07, 6.45) is 3.67. The average molecular weight is 583 g/mol. The van der Waals surface area contributed by atoms with Crippen molar-refractivity contribution in [1.29, 1.82) is 5.26 Å². The molecule has 40 heavy (non-hydrogen) atoms. The van der Waals surface area contributed by atoms with E-state index < -0.39 is 15.6 Å². The Hall–Kier alpha value is -3.59. The highest BCUT2D eigenvalue weighted by molar-refractivity contribution is 7.88. The first-order valence-corrected chi connectivity index (χ1v) is 15.1. The fraction of sp³-hybridized carbons (Fsp3) is 0.393. The Morgan fingerprint density at radius 2 is 1.90 bits per heavy atom. The van der Waals surface area contributed by atoms with E-state index in [2.05, 4.69) is 11.2 Å². The van der Waals surface area contributed by atoms with E-state index in [0.29, 0.717) is 47.2 Å². The van der Waals surface area contributed by atoms with Crippen LogP contribution in [0.4, 0.5) is 11.4 Å². The number of benzene rings is 2. The van der Waals surface area contributed by atoms with Crippen molar-refractivity contribution in [2.75, 3.05) is 43.4 Å². The summed E-state index contributed by atoms with van der Waals surface area (Å²) in [5.74, 6) is 0.0218. The van der Waals surface area contributed by atoms with E-state index in [4.69, 9.17) is 22.1 Å². The summed E-state index contributed by atoms with van der Waals surface area (Å²) in [6.45, 7) is 3.34. The molecule has 210 valence electrons. The third-order valence-corrected chi connectivity index (χ3v) is 9.64. The number of hydrogen-bond donors (Lipinski definition) is 1. The van der Waals surface area contributed by atoms with Crippen LogP contribution in [0, 0.1) is 23.7 Å². The Morgan fingerprint density at radius 1 is 1.15 bits per heavy atom. The van der Waals surface area contributed by atoms with Crippen molar-refractivity contribution in [2.45, 2.75) is 31.9 Å². The quantitative estimate of drug-likeness (QED) is 0.379. The number of nitrogens with two attached hydrogens (primary N) is 1. The number of nitrogens with zero attached hydrogens (tertiary/aromatic N) is 5. The number of nitrogen functional groups attached to an aromatic ring is 1. The molecule has 0 atom stereocenters. The summed E-state index contributed by atoms with van der Waals surface area (Å²) < 4.78 is 35.2. The van der Waals surface area contributed by atoms with Gasteiger partial charge in [-0.05, 0) is 55.2 Å². The normalized spacial score (nSPS) is 16.9. The van der Waals surface area contributed by atoms with Gasteiger partial charge in [-0.15, -0.1) is 0 Å². The van der Waals surface area contributed by atoms with Crippen LogP contribution in [-0.4, -0.2) is 55.3 Å². The van der Waals surface area contributed by atoms with Crippen LogP contribution in [-0.2, 0) is 15.8 Å². The lowest BCUT2D eigenvalue weighted by molar-refractivity contribution is 0.232. The fourth-order valence-electron chi connectivity index (χ4n) is 4.86. The Bertz CT molecular complexity index is 1620. The van der Waals surface area contributed by atoms with Crippen LogP contribution in [0.3, 0.4) is 0 Å². The molecule has 0 bridgehead atoms. The Morgan fingerprint density at radius 3 is 2.55 bits per heavy atom. The highest BCUT2D eigenvalue weighted by Gasteiger charge is 2.44. The summed E-state index contributed by atoms with van der Waals surface area (Å²) in [5.41, 5.74) is 8.35. The Kier molecular flexibility index (Phi) is 7.77. The largest absolute Gasteiger partial charge is 0.486 e. The molecular formula is C28H31ClN6O4S. The van der Waals surface area contributed by atoms with Crippen LogP contribution in [0.2, 0.25) is 5.02 Å². The van der Waals surface area contributed by atoms with Crippen LogP contribution in [0.5, 0.6) is 5.75 Å². The second-order valence-corrected chi connectivity index (χ2v) is 12.9. The smallest absolute Gasteiger partial charge is 0.316 e. The number of halogens is 1. The van der Waals surface area contributed by atoms with Gasteiger partial charge in [-0.2, -0.15) is 19.3 Å². The molecule has 2 fully saturated rings. The van der Waals surface area contributed by atoms with Crippen LogP contribution >= 0.6 is 11.6 Å². The first-order valence-electron chi connectivity index (χ1n) is 13.1. The molecule has 1 saturated heterocycles. The van der Waals surface area contributed by atoms with Gasteiger partial charge in [0.15, 0.2) is 0 Å². The van der Waals surface area contributed by atoms with E-state index in [0.717, 1.165) is 18.4 Å². The number of rotatable bonds is 9. The van der Waals surface area contributed by atoms with Crippen LogP contribution in [0.1, 0.15) is 30.4 Å². The highest BCUT2D eigenvalue weighted by Crippen LogP contribution is 2.49. The molecule has 2 N–H and O–H groups in total. The molecular weight excluding hydrogens is 552 g/mol. The maximum Gasteiger partial charge on any atom is 0.316 e. The molecule has 5 rings (SSSR count). The van der Waals surface area contributed by atoms with Gasteiger partial charge in [-0.3, -0.25) is 4.79 Å². The number of piperazine rings is 1. The van der Waals surface area contributed by atoms with Crippen LogP contribution < -0.4 is 20.9 Å². The first kappa shape index (κ1) is 28.0. The molecule has 0 amide bonds. The molecule has 10 nitrogen and oxygen atoms in total. The summed E-state index contributed by atoms with van der Waals surface area (Å²) in [6, 6.07) is 14.3. The third kappa shape index (κ3) is 5.94. The summed E-state index contributed by atoms with van der Waals surface area (Å²) in [5, 5.41) is 14.1. The molecule has 2 aromatic carbocycles. The molecule has 0 spiro atoms. The number of hydrogen-bond acceptors (Lipinski definition) is 8. The standard InChI is InChI=1S/C28H31ClN6O4S/c1-20-15-21(5-6-24(20)31)18-40(37,38)34-13-11-33(12-14-34)25-17-32-35(23-4-2-3-22(29)16-23)27(36)26(25)39-19-28(7-8-28)9-10-30/h2-6,15-17H,7-9,11-14,18-19,31H2,1H3. The zero-order valence-corrected chi connectivity index (χ0v) is 23.8. The Balaban J connectivity index is 1.37. The molecule has 1 aromatic heterocycles. The van der Waals surface area contributed by atoms with Gasteiger partial charge in [-0.25, -0.2) is 8.42 Å². The minimum Gasteiger partial charge on any atom is -0.486 e. The topological polar surface area (TPSA) is 135 Å². The van der Waals surface area contributed by atoms with Crippen molar-refractivity contribution < 1.29 is 13.2 Å². The van der Waals surface area contributed by atoms with Gasteiger partial charge in [0.2, 0.25) is 15.8 Å². The number of aromatic nitrogens is 2. The van der Waals surface area contributed by atoms with Crippen molar-refractivity contribution >= 4 is 33.0 Å². The van der Waals surface area contributed by atoms with Gasteiger partial charge in [0, 0.05) is 48.7 Å². The van der Waals surface area contributed by atoms with Crippen molar-refractivity contribution in [1.82, 2.24) is 14.1 Å². The summed E-state index contributed by atoms with van der Waals surface area (Å²) in [4.78, 5) is 15.6. The SMILES string of the molecule is Cc1cc(CS(=O)(=O)N2CCN(c3cnn(-c4cccc(Cl)c4)c(=O)c3OCC3(CC#N)CC3)CC2)ccc1N. The molecule has 1 aliphatic heterocycles. The molecule has 3 aromatic rings. The van der Waals surface area contributed by atoms with Gasteiger partial charge < -0.3 is 15.4 Å². The lowest BCUT2D eigenvalue weighted by Crippen LogP contribution is -2.49. The van der Waals surface area contributed by atoms with Gasteiger partial charge in [-0.1, -0.05) is 29.8 Å². The van der Waals surface area contributed by atoms with E-state index >= 15 is 0 Å². The number of ether oxygens (including phenoxy) is 1. The van der Waals surface area contributed by atoms with Crippen molar-refractivity contribution in [3.05, 3.63) is 75.2 Å². The molecule has 1 saturated carbocycles. The third-order valence-electron chi connectivity index (χ3n) is 7.56. The molecule has 0 unspecified atom stereocenters. The predicted octanol–water partition coefficient (Wildman–Crippen LogP) is 3.50. The fourth-order valence-corrected chi connectivity index (χ4v) is 6.55. The van der Waals surface area contributed by atoms with Gasteiger partial charge in [0.05, 0.1) is 30.3 Å². The van der Waals surface area contributed by atoms with Crippen LogP contribution in [0.25, 0.3) is 5.69 Å². The maximum atomic E-state index is 13.6. The monoisotopic (exact) mass is 582 g/mol. The number of nitriles is 1. The van der Waals surface area contributed by atoms with E-state index in [1.165, 1.54) is 8.99 Å². The molecule has 1 aliphatic carbocycles. The second-order valence-electron chi connectivity index (χ2n) is 10.5. The number of aryl methyl sites for hydroxylation is 1. The van der Waals surface area contributed by atoms with E-state index in [1.54, 1.807) is 48.7 Å². The van der Waals surface area contributed by atoms with E-state index in [9.17, 15) is 18.5 Å². The zero-order valence-electron chi connectivity index (χ0n) is 22.2. The molecule has 2 heterocycles. The number of anilines is 2. The average Bonchev–Trinajstić information content (AvgIpc) is 3.69. The molecule has 12 heteroatoms. The second kappa shape index (κ2) is 11.1. The van der Waals surface area contributed by atoms with Gasteiger partial charge in [0.1, 0.15) is 5.69 Å². The summed E-state index contributed by atoms with van der Waals surface area (Å²) >= 11 is 6.15. The van der Waals surface area contributed by atoms with E-state index in [-0.39, 0.29) is 36.6 Å². The van der Waals surface area contributed by atoms with E-state index in [1.807, 2.05) is 11.8 Å². The maximum absolute atomic E-state index is 13.6. The zero-order chi connectivity index (χ0) is 28.5. The van der Waals surface area contributed by atoms with Gasteiger partial charge >= 0.3 is 5.56 Å². The lowest BCUT2D eigenvalue weighted by Gasteiger charge is -2.35. The van der Waals surface area contributed by atoms with Crippen molar-refractivity contribution in [3.63, 3.8) is 0 Å². The number of sulfonamides is 1.